The molecule has 0 spiro atoms. The molecule has 1 rings (SSSR count). The normalized spacial score (nSPS) is 12.2. The molecule has 0 aliphatic rings. The molecule has 0 aliphatic carbocycles. The summed E-state index contributed by atoms with van der Waals surface area (Å²) < 4.78 is 79.5. The van der Waals surface area contributed by atoms with Crippen molar-refractivity contribution in [3.8, 4) is 0 Å². The van der Waals surface area contributed by atoms with Gasteiger partial charge in [0.1, 0.15) is 5.57 Å². The number of hydrogen-bond donors (Lipinski definition) is 0. The van der Waals surface area contributed by atoms with E-state index in [1.807, 2.05) is 30.3 Å². The van der Waals surface area contributed by atoms with Crippen molar-refractivity contribution in [2.24, 2.45) is 0 Å². The van der Waals surface area contributed by atoms with Gasteiger partial charge in [-0.3, -0.25) is 0 Å². The van der Waals surface area contributed by atoms with Gasteiger partial charge in [-0.2, -0.15) is 26.3 Å². The van der Waals surface area contributed by atoms with Crippen molar-refractivity contribution in [2.75, 3.05) is 6.61 Å². The molecule has 0 fully saturated rings. The molecule has 0 aliphatic heterocycles. The van der Waals surface area contributed by atoms with Gasteiger partial charge in [0.05, 0.1) is 6.61 Å². The van der Waals surface area contributed by atoms with Crippen LogP contribution in [0.25, 0.3) is 0 Å². The zero-order chi connectivity index (χ0) is 20.2. The quantitative estimate of drug-likeness (QED) is 0.203. The van der Waals surface area contributed by atoms with Gasteiger partial charge in [-0.15, -0.1) is 0 Å². The Hall–Kier alpha value is -1.50. The molecule has 1 aromatic rings. The lowest BCUT2D eigenvalue weighted by Gasteiger charge is -2.14. The van der Waals surface area contributed by atoms with E-state index in [9.17, 15) is 26.3 Å². The van der Waals surface area contributed by atoms with E-state index in [1.54, 1.807) is 0 Å². The van der Waals surface area contributed by atoms with Gasteiger partial charge in [-0.25, -0.2) is 0 Å². The van der Waals surface area contributed by atoms with E-state index in [4.69, 9.17) is 4.74 Å². The van der Waals surface area contributed by atoms with Crippen LogP contribution in [0.1, 0.15) is 56.9 Å². The van der Waals surface area contributed by atoms with Crippen LogP contribution in [-0.4, -0.2) is 19.0 Å². The van der Waals surface area contributed by atoms with Gasteiger partial charge in [-0.05, 0) is 24.8 Å². The summed E-state index contributed by atoms with van der Waals surface area (Å²) in [5.74, 6) is 0. The van der Waals surface area contributed by atoms with Crippen LogP contribution in [0.15, 0.2) is 42.0 Å². The summed E-state index contributed by atoms with van der Waals surface area (Å²) in [5, 5.41) is 0. The fourth-order valence-corrected chi connectivity index (χ4v) is 2.64. The lowest BCUT2D eigenvalue weighted by Crippen LogP contribution is -2.26. The third-order valence-electron chi connectivity index (χ3n) is 4.06. The molecule has 1 nitrogen and oxygen atoms in total. The zero-order valence-corrected chi connectivity index (χ0v) is 15.2. The first-order valence-electron chi connectivity index (χ1n) is 9.17. The average Bonchev–Trinajstić information content (AvgIpc) is 2.57. The SMILES string of the molecule is FC(F)(F)C(=CCCCCCCCCCOCc1ccccc1)C(F)(F)F. The minimum atomic E-state index is -5.35. The Labute approximate surface area is 156 Å². The van der Waals surface area contributed by atoms with Crippen LogP contribution in [0.4, 0.5) is 26.3 Å². The molecular weight excluding hydrogens is 370 g/mol. The lowest BCUT2D eigenvalue weighted by molar-refractivity contribution is -0.172. The Kier molecular flexibility index (Phi) is 10.5. The predicted molar refractivity (Wildman–Crippen MR) is 93.2 cm³/mol. The van der Waals surface area contributed by atoms with Crippen molar-refractivity contribution in [3.05, 3.63) is 47.5 Å². The first kappa shape index (κ1) is 23.5. The first-order valence-corrected chi connectivity index (χ1v) is 9.17. The second kappa shape index (κ2) is 12.1. The van der Waals surface area contributed by atoms with Crippen molar-refractivity contribution < 1.29 is 31.1 Å². The highest BCUT2D eigenvalue weighted by Gasteiger charge is 2.50. The van der Waals surface area contributed by atoms with Crippen molar-refractivity contribution in [1.82, 2.24) is 0 Å². The zero-order valence-electron chi connectivity index (χ0n) is 15.2. The molecule has 0 amide bonds. The highest BCUT2D eigenvalue weighted by molar-refractivity contribution is 5.15. The van der Waals surface area contributed by atoms with E-state index in [0.29, 0.717) is 26.1 Å². The number of alkyl halides is 6. The van der Waals surface area contributed by atoms with Gasteiger partial charge in [0.2, 0.25) is 0 Å². The Morgan fingerprint density at radius 3 is 1.81 bits per heavy atom. The molecule has 0 bridgehead atoms. The predicted octanol–water partition coefficient (Wildman–Crippen LogP) is 7.38. The fraction of sp³-hybridized carbons (Fsp3) is 0.600. The summed E-state index contributed by atoms with van der Waals surface area (Å²) in [7, 11) is 0. The summed E-state index contributed by atoms with van der Waals surface area (Å²) >= 11 is 0. The van der Waals surface area contributed by atoms with Gasteiger partial charge in [0.25, 0.3) is 0 Å². The number of ether oxygens (including phenoxy) is 1. The maximum atomic E-state index is 12.3. The van der Waals surface area contributed by atoms with Crippen LogP contribution in [0.2, 0.25) is 0 Å². The number of rotatable bonds is 12. The van der Waals surface area contributed by atoms with Crippen LogP contribution in [-0.2, 0) is 11.3 Å². The molecule has 0 aromatic heterocycles. The van der Waals surface area contributed by atoms with E-state index in [1.165, 1.54) is 0 Å². The standard InChI is InChI=1S/C20H26F6O/c21-19(22,23)18(20(24,25)26)14-10-5-3-1-2-4-6-11-15-27-16-17-12-8-7-9-13-17/h7-9,12-14H,1-6,10-11,15-16H2. The minimum Gasteiger partial charge on any atom is -0.377 e. The Morgan fingerprint density at radius 2 is 1.26 bits per heavy atom. The van der Waals surface area contributed by atoms with Crippen LogP contribution in [0, 0.1) is 0 Å². The fourth-order valence-electron chi connectivity index (χ4n) is 2.64. The number of hydrogen-bond acceptors (Lipinski definition) is 1. The number of benzene rings is 1. The third kappa shape index (κ3) is 11.1. The number of allylic oxidation sites excluding steroid dienone is 2. The van der Waals surface area contributed by atoms with E-state index >= 15 is 0 Å². The molecular formula is C20H26F6O. The Morgan fingerprint density at radius 1 is 0.741 bits per heavy atom. The summed E-state index contributed by atoms with van der Waals surface area (Å²) in [6, 6.07) is 9.87. The molecule has 0 atom stereocenters. The molecule has 0 saturated carbocycles. The van der Waals surface area contributed by atoms with Crippen molar-refractivity contribution in [2.45, 2.75) is 70.3 Å². The molecule has 27 heavy (non-hydrogen) atoms. The topological polar surface area (TPSA) is 9.23 Å². The van der Waals surface area contributed by atoms with Crippen LogP contribution in [0.3, 0.4) is 0 Å². The summed E-state index contributed by atoms with van der Waals surface area (Å²) in [4.78, 5) is 0. The van der Waals surface area contributed by atoms with Gasteiger partial charge < -0.3 is 4.74 Å². The average molecular weight is 396 g/mol. The third-order valence-corrected chi connectivity index (χ3v) is 4.06. The second-order valence-electron chi connectivity index (χ2n) is 6.42. The first-order chi connectivity index (χ1) is 12.7. The molecule has 0 saturated heterocycles. The van der Waals surface area contributed by atoms with Crippen LogP contribution in [0.5, 0.6) is 0 Å². The van der Waals surface area contributed by atoms with E-state index in [0.717, 1.165) is 37.7 Å². The molecule has 7 heteroatoms. The van der Waals surface area contributed by atoms with E-state index < -0.39 is 17.9 Å². The summed E-state index contributed by atoms with van der Waals surface area (Å²) in [6.45, 7) is 1.27. The molecule has 0 unspecified atom stereocenters. The van der Waals surface area contributed by atoms with Crippen molar-refractivity contribution in [1.29, 1.82) is 0 Å². The Bertz CT molecular complexity index is 518. The van der Waals surface area contributed by atoms with E-state index in [-0.39, 0.29) is 12.5 Å². The number of halogens is 6. The minimum absolute atomic E-state index is 0.207. The molecule has 0 radical (unpaired) electrons. The Balaban J connectivity index is 2.00. The second-order valence-corrected chi connectivity index (χ2v) is 6.42. The van der Waals surface area contributed by atoms with Crippen LogP contribution >= 0.6 is 0 Å². The monoisotopic (exact) mass is 396 g/mol. The van der Waals surface area contributed by atoms with Gasteiger partial charge in [0.15, 0.2) is 0 Å². The molecule has 1 aromatic carbocycles. The lowest BCUT2D eigenvalue weighted by atomic mass is 10.1. The van der Waals surface area contributed by atoms with Crippen LogP contribution < -0.4 is 0 Å². The smallest absolute Gasteiger partial charge is 0.377 e. The van der Waals surface area contributed by atoms with E-state index in [2.05, 4.69) is 0 Å². The maximum Gasteiger partial charge on any atom is 0.420 e. The highest BCUT2D eigenvalue weighted by atomic mass is 19.4. The van der Waals surface area contributed by atoms with Gasteiger partial charge in [-0.1, -0.05) is 68.5 Å². The summed E-state index contributed by atoms with van der Waals surface area (Å²) in [6.07, 6.45) is -5.01. The van der Waals surface area contributed by atoms with Gasteiger partial charge >= 0.3 is 12.4 Å². The summed E-state index contributed by atoms with van der Waals surface area (Å²) in [5.41, 5.74) is -1.27. The largest absolute Gasteiger partial charge is 0.420 e. The van der Waals surface area contributed by atoms with Crippen molar-refractivity contribution in [3.63, 3.8) is 0 Å². The molecule has 0 N–H and O–H groups in total. The highest BCUT2D eigenvalue weighted by Crippen LogP contribution is 2.38. The van der Waals surface area contributed by atoms with Crippen molar-refractivity contribution >= 4 is 0 Å². The molecule has 154 valence electrons. The maximum absolute atomic E-state index is 12.3. The number of unbranched alkanes of at least 4 members (excludes halogenated alkanes) is 7. The van der Waals surface area contributed by atoms with Gasteiger partial charge in [0, 0.05) is 6.61 Å². The molecule has 0 heterocycles.